The summed E-state index contributed by atoms with van der Waals surface area (Å²) in [5.74, 6) is 0.368. The van der Waals surface area contributed by atoms with Crippen molar-refractivity contribution in [2.45, 2.75) is 20.4 Å². The van der Waals surface area contributed by atoms with Crippen LogP contribution in [0.25, 0.3) is 0 Å². The fourth-order valence-electron chi connectivity index (χ4n) is 2.60. The first-order chi connectivity index (χ1) is 11.3. The standard InChI is InChI=1S/C18H22Br2NO2P/c1-14(2)12-21(13-15-9-16(19)11-17(20)10-15)24(22,23-3)18-7-5-4-6-8-18/h4-11,14H,12-13H2,1-3H3. The van der Waals surface area contributed by atoms with Crippen molar-refractivity contribution in [3.63, 3.8) is 0 Å². The van der Waals surface area contributed by atoms with Crippen molar-refractivity contribution in [3.05, 3.63) is 63.0 Å². The Kier molecular flexibility index (Phi) is 7.26. The molecule has 0 saturated carbocycles. The average molecular weight is 475 g/mol. The van der Waals surface area contributed by atoms with Crippen LogP contribution in [0.15, 0.2) is 57.5 Å². The van der Waals surface area contributed by atoms with Gasteiger partial charge in [-0.15, -0.1) is 0 Å². The molecule has 0 bridgehead atoms. The minimum atomic E-state index is -3.11. The fourth-order valence-corrected chi connectivity index (χ4v) is 6.20. The first-order valence-corrected chi connectivity index (χ1v) is 10.9. The molecule has 0 fully saturated rings. The Balaban J connectivity index is 2.41. The zero-order chi connectivity index (χ0) is 17.7. The highest BCUT2D eigenvalue weighted by atomic mass is 79.9. The van der Waals surface area contributed by atoms with Crippen molar-refractivity contribution < 1.29 is 9.09 Å². The van der Waals surface area contributed by atoms with E-state index in [0.717, 1.165) is 19.8 Å². The molecule has 2 rings (SSSR count). The first kappa shape index (κ1) is 19.9. The maximum atomic E-state index is 13.7. The molecule has 0 spiro atoms. The minimum Gasteiger partial charge on any atom is -0.317 e. The van der Waals surface area contributed by atoms with Gasteiger partial charge in [-0.1, -0.05) is 63.9 Å². The van der Waals surface area contributed by atoms with Crippen LogP contribution in [0, 0.1) is 5.92 Å². The van der Waals surface area contributed by atoms with E-state index >= 15 is 0 Å². The zero-order valence-corrected chi connectivity index (χ0v) is 18.1. The van der Waals surface area contributed by atoms with E-state index in [1.165, 1.54) is 7.11 Å². The third-order valence-corrected chi connectivity index (χ3v) is 6.98. The smallest absolute Gasteiger partial charge is 0.302 e. The van der Waals surface area contributed by atoms with Crippen molar-refractivity contribution in [1.82, 2.24) is 4.67 Å². The Morgan fingerprint density at radius 3 is 2.17 bits per heavy atom. The first-order valence-electron chi connectivity index (χ1n) is 7.77. The van der Waals surface area contributed by atoms with E-state index in [-0.39, 0.29) is 0 Å². The van der Waals surface area contributed by atoms with Gasteiger partial charge in [0.15, 0.2) is 0 Å². The lowest BCUT2D eigenvalue weighted by atomic mass is 10.2. The lowest BCUT2D eigenvalue weighted by molar-refractivity contribution is 0.291. The minimum absolute atomic E-state index is 0.368. The Morgan fingerprint density at radius 2 is 1.67 bits per heavy atom. The highest BCUT2D eigenvalue weighted by Gasteiger charge is 2.33. The summed E-state index contributed by atoms with van der Waals surface area (Å²) in [7, 11) is -1.58. The molecule has 0 radical (unpaired) electrons. The second-order valence-corrected chi connectivity index (χ2v) is 10.4. The van der Waals surface area contributed by atoms with Gasteiger partial charge in [0.05, 0.1) is 5.30 Å². The molecule has 2 aromatic rings. The van der Waals surface area contributed by atoms with Crippen LogP contribution >= 0.6 is 39.4 Å². The van der Waals surface area contributed by atoms with Crippen molar-refractivity contribution in [1.29, 1.82) is 0 Å². The van der Waals surface area contributed by atoms with Gasteiger partial charge in [0.2, 0.25) is 0 Å². The molecule has 130 valence electrons. The molecule has 0 aliphatic heterocycles. The topological polar surface area (TPSA) is 29.5 Å². The van der Waals surface area contributed by atoms with E-state index in [2.05, 4.69) is 45.7 Å². The second-order valence-electron chi connectivity index (χ2n) is 6.06. The largest absolute Gasteiger partial charge is 0.317 e. The maximum absolute atomic E-state index is 13.7. The van der Waals surface area contributed by atoms with E-state index in [0.29, 0.717) is 19.0 Å². The summed E-state index contributed by atoms with van der Waals surface area (Å²) in [6, 6.07) is 15.5. The van der Waals surface area contributed by atoms with Crippen LogP contribution in [0.5, 0.6) is 0 Å². The van der Waals surface area contributed by atoms with E-state index in [1.807, 2.05) is 53.2 Å². The average Bonchev–Trinajstić information content (AvgIpc) is 2.53. The van der Waals surface area contributed by atoms with Gasteiger partial charge in [-0.05, 0) is 41.8 Å². The molecular formula is C18H22Br2NO2P. The Hall–Kier alpha value is -0.450. The second kappa shape index (κ2) is 8.77. The highest BCUT2D eigenvalue weighted by Crippen LogP contribution is 2.50. The van der Waals surface area contributed by atoms with Gasteiger partial charge in [0, 0.05) is 29.1 Å². The third kappa shape index (κ3) is 5.03. The van der Waals surface area contributed by atoms with Crippen molar-refractivity contribution in [2.24, 2.45) is 5.92 Å². The summed E-state index contributed by atoms with van der Waals surface area (Å²) in [5, 5.41) is 0.724. The monoisotopic (exact) mass is 473 g/mol. The molecule has 0 heterocycles. The fraction of sp³-hybridized carbons (Fsp3) is 0.333. The van der Waals surface area contributed by atoms with Crippen molar-refractivity contribution in [2.75, 3.05) is 13.7 Å². The van der Waals surface area contributed by atoms with Crippen LogP contribution in [0.1, 0.15) is 19.4 Å². The third-order valence-electron chi connectivity index (χ3n) is 3.57. The van der Waals surface area contributed by atoms with E-state index in [4.69, 9.17) is 4.52 Å². The number of rotatable bonds is 7. The molecule has 1 unspecified atom stereocenters. The molecule has 2 aromatic carbocycles. The van der Waals surface area contributed by atoms with Crippen molar-refractivity contribution >= 4 is 44.7 Å². The van der Waals surface area contributed by atoms with Gasteiger partial charge >= 0.3 is 7.52 Å². The number of benzene rings is 2. The predicted molar refractivity (Wildman–Crippen MR) is 108 cm³/mol. The highest BCUT2D eigenvalue weighted by molar-refractivity contribution is 9.11. The molecule has 0 amide bonds. The van der Waals surface area contributed by atoms with Gasteiger partial charge < -0.3 is 4.52 Å². The van der Waals surface area contributed by atoms with Crippen LogP contribution in [0.4, 0.5) is 0 Å². The summed E-state index contributed by atoms with van der Waals surface area (Å²) in [4.78, 5) is 0. The number of hydrogen-bond donors (Lipinski definition) is 0. The SMILES string of the molecule is COP(=O)(c1ccccc1)N(Cc1cc(Br)cc(Br)c1)CC(C)C. The molecule has 0 saturated heterocycles. The number of hydrogen-bond acceptors (Lipinski definition) is 2. The van der Waals surface area contributed by atoms with E-state index in [1.54, 1.807) is 0 Å². The van der Waals surface area contributed by atoms with Crippen LogP contribution < -0.4 is 5.30 Å². The molecule has 3 nitrogen and oxygen atoms in total. The molecule has 1 atom stereocenters. The quantitative estimate of drug-likeness (QED) is 0.472. The maximum Gasteiger partial charge on any atom is 0.302 e. The molecule has 24 heavy (non-hydrogen) atoms. The lowest BCUT2D eigenvalue weighted by Gasteiger charge is -2.31. The number of nitrogens with zero attached hydrogens (tertiary/aromatic N) is 1. The Labute approximate surface area is 161 Å². The van der Waals surface area contributed by atoms with Gasteiger partial charge in [-0.25, -0.2) is 4.67 Å². The molecule has 0 aromatic heterocycles. The zero-order valence-electron chi connectivity index (χ0n) is 14.1. The summed E-state index contributed by atoms with van der Waals surface area (Å²) in [6.45, 7) is 5.48. The molecule has 0 aliphatic carbocycles. The van der Waals surface area contributed by atoms with Crippen LogP contribution in [0.2, 0.25) is 0 Å². The van der Waals surface area contributed by atoms with Crippen molar-refractivity contribution in [3.8, 4) is 0 Å². The summed E-state index contributed by atoms with van der Waals surface area (Å²) in [5.41, 5.74) is 1.07. The molecule has 0 N–H and O–H groups in total. The van der Waals surface area contributed by atoms with Gasteiger partial charge in [0.1, 0.15) is 0 Å². The molecule has 6 heteroatoms. The molecular weight excluding hydrogens is 453 g/mol. The van der Waals surface area contributed by atoms with Crippen LogP contribution in [-0.2, 0) is 15.6 Å². The van der Waals surface area contributed by atoms with E-state index < -0.39 is 7.52 Å². The van der Waals surface area contributed by atoms with Crippen LogP contribution in [-0.4, -0.2) is 18.3 Å². The van der Waals surface area contributed by atoms with Gasteiger partial charge in [-0.2, -0.15) is 0 Å². The Bertz CT molecular complexity index is 702. The summed E-state index contributed by atoms with van der Waals surface area (Å²) in [6.07, 6.45) is 0. The normalized spacial score (nSPS) is 14.1. The summed E-state index contributed by atoms with van der Waals surface area (Å²) >= 11 is 7.03. The molecule has 0 aliphatic rings. The Morgan fingerprint density at radius 1 is 1.08 bits per heavy atom. The van der Waals surface area contributed by atoms with Gasteiger partial charge in [0.25, 0.3) is 0 Å². The predicted octanol–water partition coefficient (Wildman–Crippen LogP) is 5.83. The number of halogens is 2. The summed E-state index contributed by atoms with van der Waals surface area (Å²) < 4.78 is 23.2. The van der Waals surface area contributed by atoms with Crippen LogP contribution in [0.3, 0.4) is 0 Å². The van der Waals surface area contributed by atoms with E-state index in [9.17, 15) is 4.57 Å². The van der Waals surface area contributed by atoms with Gasteiger partial charge in [-0.3, -0.25) is 4.57 Å². The lowest BCUT2D eigenvalue weighted by Crippen LogP contribution is -2.30.